The Hall–Kier alpha value is -1.54. The molecule has 0 saturated carbocycles. The Labute approximate surface area is 100 Å². The summed E-state index contributed by atoms with van der Waals surface area (Å²) in [6.07, 6.45) is 1.72. The second-order valence-electron chi connectivity index (χ2n) is 3.86. The molecule has 2 N–H and O–H groups in total. The zero-order chi connectivity index (χ0) is 11.7. The van der Waals surface area contributed by atoms with Crippen LogP contribution in [0.1, 0.15) is 11.1 Å². The first-order valence-electron chi connectivity index (χ1n) is 5.07. The summed E-state index contributed by atoms with van der Waals surface area (Å²) in [5.74, 6) is 0. The molecule has 0 radical (unpaired) electrons. The molecule has 3 heteroatoms. The number of rotatable bonds is 1. The van der Waals surface area contributed by atoms with Gasteiger partial charge in [-0.25, -0.2) is 0 Å². The number of nitrogens with two attached hydrogens (primary N) is 1. The van der Waals surface area contributed by atoms with Gasteiger partial charge in [0.25, 0.3) is 0 Å². The number of nitrogens with zero attached hydrogens (tertiary/aromatic N) is 1. The number of hydrogen-bond donors (Lipinski definition) is 1. The Morgan fingerprint density at radius 3 is 2.56 bits per heavy atom. The summed E-state index contributed by atoms with van der Waals surface area (Å²) in [5, 5.41) is 0.688. The number of pyridine rings is 1. The smallest absolute Gasteiger partial charge is 0.0946 e. The van der Waals surface area contributed by atoms with Crippen molar-refractivity contribution in [2.24, 2.45) is 0 Å². The van der Waals surface area contributed by atoms with Gasteiger partial charge >= 0.3 is 0 Å². The molecular weight excluding hydrogens is 220 g/mol. The predicted octanol–water partition coefficient (Wildman–Crippen LogP) is 3.60. The summed E-state index contributed by atoms with van der Waals surface area (Å²) in [6.45, 7) is 4.08. The summed E-state index contributed by atoms with van der Waals surface area (Å²) < 4.78 is 0. The Bertz CT molecular complexity index is 535. The van der Waals surface area contributed by atoms with E-state index in [2.05, 4.69) is 4.98 Å². The highest BCUT2D eigenvalue weighted by atomic mass is 35.5. The highest BCUT2D eigenvalue weighted by Crippen LogP contribution is 2.32. The summed E-state index contributed by atoms with van der Waals surface area (Å²) in [7, 11) is 0. The molecule has 0 bridgehead atoms. The van der Waals surface area contributed by atoms with Crippen molar-refractivity contribution in [2.75, 3.05) is 5.73 Å². The van der Waals surface area contributed by atoms with E-state index in [1.165, 1.54) is 11.1 Å². The lowest BCUT2D eigenvalue weighted by molar-refractivity contribution is 1.30. The van der Waals surface area contributed by atoms with Gasteiger partial charge in [0, 0.05) is 11.8 Å². The maximum Gasteiger partial charge on any atom is 0.0946 e. The lowest BCUT2D eigenvalue weighted by Crippen LogP contribution is -1.94. The van der Waals surface area contributed by atoms with Crippen LogP contribution in [0.3, 0.4) is 0 Å². The maximum absolute atomic E-state index is 6.21. The lowest BCUT2D eigenvalue weighted by atomic mass is 10.0. The SMILES string of the molecule is Cc1cc(Cl)c(-c2ncccc2N)cc1C. The van der Waals surface area contributed by atoms with Crippen molar-refractivity contribution in [1.82, 2.24) is 4.98 Å². The molecule has 0 amide bonds. The molecule has 0 aliphatic heterocycles. The number of hydrogen-bond acceptors (Lipinski definition) is 2. The summed E-state index contributed by atoms with van der Waals surface area (Å²) in [5.41, 5.74) is 10.5. The van der Waals surface area contributed by atoms with Crippen molar-refractivity contribution in [2.45, 2.75) is 13.8 Å². The molecule has 0 fully saturated rings. The molecule has 2 rings (SSSR count). The molecule has 0 unspecified atom stereocenters. The van der Waals surface area contributed by atoms with E-state index in [-0.39, 0.29) is 0 Å². The first-order valence-corrected chi connectivity index (χ1v) is 5.45. The third-order valence-electron chi connectivity index (χ3n) is 2.68. The van der Waals surface area contributed by atoms with E-state index >= 15 is 0 Å². The fourth-order valence-electron chi connectivity index (χ4n) is 1.61. The largest absolute Gasteiger partial charge is 0.397 e. The van der Waals surface area contributed by atoms with Crippen LogP contribution in [-0.2, 0) is 0 Å². The molecule has 1 aromatic heterocycles. The van der Waals surface area contributed by atoms with Crippen molar-refractivity contribution in [1.29, 1.82) is 0 Å². The summed E-state index contributed by atoms with van der Waals surface area (Å²) in [4.78, 5) is 4.27. The fraction of sp³-hybridized carbons (Fsp3) is 0.154. The standard InChI is InChI=1S/C13H13ClN2/c1-8-6-10(11(14)7-9(8)2)13-12(15)4-3-5-16-13/h3-7H,15H2,1-2H3. The Kier molecular flexibility index (Phi) is 2.84. The highest BCUT2D eigenvalue weighted by Gasteiger charge is 2.09. The van der Waals surface area contributed by atoms with Crippen LogP contribution in [0.5, 0.6) is 0 Å². The number of aryl methyl sites for hydroxylation is 2. The van der Waals surface area contributed by atoms with Gasteiger partial charge in [-0.1, -0.05) is 11.6 Å². The maximum atomic E-state index is 6.21. The van der Waals surface area contributed by atoms with E-state index in [1.54, 1.807) is 6.20 Å². The minimum absolute atomic E-state index is 0.646. The number of halogens is 1. The first kappa shape index (κ1) is 11.0. The van der Waals surface area contributed by atoms with Crippen LogP contribution >= 0.6 is 11.6 Å². The van der Waals surface area contributed by atoms with E-state index in [4.69, 9.17) is 17.3 Å². The molecule has 0 atom stereocenters. The Morgan fingerprint density at radius 2 is 1.88 bits per heavy atom. The molecule has 0 aliphatic rings. The third kappa shape index (κ3) is 1.89. The second-order valence-corrected chi connectivity index (χ2v) is 4.26. The average Bonchev–Trinajstić information content (AvgIpc) is 2.25. The van der Waals surface area contributed by atoms with Crippen molar-refractivity contribution in [3.63, 3.8) is 0 Å². The molecule has 0 saturated heterocycles. The lowest BCUT2D eigenvalue weighted by Gasteiger charge is -2.09. The average molecular weight is 233 g/mol. The van der Waals surface area contributed by atoms with E-state index < -0.39 is 0 Å². The van der Waals surface area contributed by atoms with Gasteiger partial charge < -0.3 is 5.73 Å². The van der Waals surface area contributed by atoms with E-state index in [9.17, 15) is 0 Å². The quantitative estimate of drug-likeness (QED) is 0.816. The first-order chi connectivity index (χ1) is 7.59. The molecular formula is C13H13ClN2. The van der Waals surface area contributed by atoms with Crippen molar-refractivity contribution in [3.8, 4) is 11.3 Å². The zero-order valence-electron chi connectivity index (χ0n) is 9.29. The highest BCUT2D eigenvalue weighted by molar-refractivity contribution is 6.33. The van der Waals surface area contributed by atoms with Gasteiger partial charge in [0.15, 0.2) is 0 Å². The van der Waals surface area contributed by atoms with Crippen LogP contribution in [0, 0.1) is 13.8 Å². The van der Waals surface area contributed by atoms with Gasteiger partial charge in [-0.05, 0) is 49.2 Å². The monoisotopic (exact) mass is 232 g/mol. The predicted molar refractivity (Wildman–Crippen MR) is 68.6 cm³/mol. The zero-order valence-corrected chi connectivity index (χ0v) is 10.0. The van der Waals surface area contributed by atoms with Crippen LogP contribution in [0.4, 0.5) is 5.69 Å². The number of aromatic nitrogens is 1. The van der Waals surface area contributed by atoms with Crippen LogP contribution in [0.25, 0.3) is 11.3 Å². The number of anilines is 1. The van der Waals surface area contributed by atoms with Crippen molar-refractivity contribution in [3.05, 3.63) is 46.6 Å². The molecule has 0 aliphatic carbocycles. The van der Waals surface area contributed by atoms with Crippen LogP contribution in [0.15, 0.2) is 30.5 Å². The molecule has 16 heavy (non-hydrogen) atoms. The fourth-order valence-corrected chi connectivity index (χ4v) is 1.91. The topological polar surface area (TPSA) is 38.9 Å². The number of benzene rings is 1. The van der Waals surface area contributed by atoms with Gasteiger partial charge in [-0.15, -0.1) is 0 Å². The van der Waals surface area contributed by atoms with E-state index in [0.717, 1.165) is 11.3 Å². The van der Waals surface area contributed by atoms with Gasteiger partial charge in [0.05, 0.1) is 16.4 Å². The summed E-state index contributed by atoms with van der Waals surface area (Å²) in [6, 6.07) is 7.61. The van der Waals surface area contributed by atoms with E-state index in [0.29, 0.717) is 10.7 Å². The van der Waals surface area contributed by atoms with Gasteiger partial charge in [0.1, 0.15) is 0 Å². The van der Waals surface area contributed by atoms with Gasteiger partial charge in [-0.3, -0.25) is 4.98 Å². The number of nitrogen functional groups attached to an aromatic ring is 1. The second kappa shape index (κ2) is 4.14. The molecule has 1 aromatic carbocycles. The van der Waals surface area contributed by atoms with Gasteiger partial charge in [0.2, 0.25) is 0 Å². The minimum Gasteiger partial charge on any atom is -0.397 e. The molecule has 82 valence electrons. The van der Waals surface area contributed by atoms with Crippen molar-refractivity contribution >= 4 is 17.3 Å². The molecule has 2 aromatic rings. The normalized spacial score (nSPS) is 10.4. The Balaban J connectivity index is 2.65. The van der Waals surface area contributed by atoms with Crippen LogP contribution in [-0.4, -0.2) is 4.98 Å². The third-order valence-corrected chi connectivity index (χ3v) is 2.99. The molecule has 2 nitrogen and oxygen atoms in total. The van der Waals surface area contributed by atoms with Gasteiger partial charge in [-0.2, -0.15) is 0 Å². The Morgan fingerprint density at radius 1 is 1.19 bits per heavy atom. The van der Waals surface area contributed by atoms with Crippen LogP contribution < -0.4 is 5.73 Å². The molecule has 1 heterocycles. The molecule has 0 spiro atoms. The van der Waals surface area contributed by atoms with E-state index in [1.807, 2.05) is 38.1 Å². The van der Waals surface area contributed by atoms with Crippen molar-refractivity contribution < 1.29 is 0 Å². The summed E-state index contributed by atoms with van der Waals surface area (Å²) >= 11 is 6.21. The minimum atomic E-state index is 0.646. The van der Waals surface area contributed by atoms with Crippen LogP contribution in [0.2, 0.25) is 5.02 Å².